The van der Waals surface area contributed by atoms with Crippen molar-refractivity contribution in [3.8, 4) is 0 Å². The molecule has 7 heteroatoms. The lowest BCUT2D eigenvalue weighted by Gasteiger charge is -2.42. The molecule has 23 heavy (non-hydrogen) atoms. The van der Waals surface area contributed by atoms with Crippen molar-refractivity contribution in [2.45, 2.75) is 37.6 Å². The highest BCUT2D eigenvalue weighted by atomic mass is 16.4. The summed E-state index contributed by atoms with van der Waals surface area (Å²) in [5, 5.41) is 21.6. The first kappa shape index (κ1) is 15.3. The molecule has 1 amide bonds. The van der Waals surface area contributed by atoms with Crippen molar-refractivity contribution in [1.29, 1.82) is 0 Å². The topological polar surface area (TPSA) is 109 Å². The van der Waals surface area contributed by atoms with Gasteiger partial charge in [0.05, 0.1) is 5.69 Å². The van der Waals surface area contributed by atoms with E-state index in [4.69, 9.17) is 5.11 Å². The number of fused-ring (bicyclic) bond motifs is 2. The molecule has 0 aromatic carbocycles. The Morgan fingerprint density at radius 2 is 1.96 bits per heavy atom. The van der Waals surface area contributed by atoms with E-state index >= 15 is 0 Å². The molecule has 0 radical (unpaired) electrons. The van der Waals surface area contributed by atoms with Gasteiger partial charge in [-0.25, -0.2) is 0 Å². The summed E-state index contributed by atoms with van der Waals surface area (Å²) >= 11 is 0. The van der Waals surface area contributed by atoms with Crippen LogP contribution in [0.15, 0.2) is 29.7 Å². The number of carboxylic acid groups (broad SMARTS) is 1. The molecule has 1 saturated carbocycles. The zero-order valence-electron chi connectivity index (χ0n) is 12.5. The van der Waals surface area contributed by atoms with Crippen LogP contribution in [0, 0.1) is 0 Å². The minimum Gasteiger partial charge on any atom is -0.509 e. The van der Waals surface area contributed by atoms with Gasteiger partial charge in [0.1, 0.15) is 23.4 Å². The van der Waals surface area contributed by atoms with E-state index in [1.807, 2.05) is 0 Å². The van der Waals surface area contributed by atoms with Gasteiger partial charge >= 0.3 is 5.97 Å². The maximum absolute atomic E-state index is 12.6. The lowest BCUT2D eigenvalue weighted by Crippen LogP contribution is -2.46. The van der Waals surface area contributed by atoms with Gasteiger partial charge in [0, 0.05) is 6.20 Å². The third-order valence-corrected chi connectivity index (χ3v) is 4.66. The Hall–Kier alpha value is -2.57. The number of nitrogens with zero attached hydrogens (tertiary/aromatic N) is 1. The number of aromatic nitrogens is 1. The van der Waals surface area contributed by atoms with E-state index in [2.05, 4.69) is 5.32 Å². The highest BCUT2D eigenvalue weighted by molar-refractivity contribution is 6.26. The van der Waals surface area contributed by atoms with Crippen LogP contribution in [-0.4, -0.2) is 39.0 Å². The summed E-state index contributed by atoms with van der Waals surface area (Å²) in [6.45, 7) is -0.600. The van der Waals surface area contributed by atoms with Crippen LogP contribution in [0.2, 0.25) is 0 Å². The fourth-order valence-corrected chi connectivity index (χ4v) is 3.59. The molecule has 1 spiro atoms. The average Bonchev–Trinajstić information content (AvgIpc) is 3.03. The first-order chi connectivity index (χ1) is 11.0. The van der Waals surface area contributed by atoms with E-state index in [-0.39, 0.29) is 11.3 Å². The van der Waals surface area contributed by atoms with Gasteiger partial charge in [0.25, 0.3) is 5.91 Å². The molecule has 0 atom stereocenters. The molecule has 122 valence electrons. The van der Waals surface area contributed by atoms with Crippen molar-refractivity contribution < 1.29 is 24.6 Å². The number of carboxylic acids is 1. The lowest BCUT2D eigenvalue weighted by molar-refractivity contribution is -0.137. The molecule has 1 aromatic heterocycles. The van der Waals surface area contributed by atoms with Crippen LogP contribution in [0.4, 0.5) is 0 Å². The number of carbonyl (C=O) groups excluding carboxylic acids is 2. The van der Waals surface area contributed by atoms with Gasteiger partial charge in [-0.1, -0.05) is 19.3 Å². The van der Waals surface area contributed by atoms with Crippen molar-refractivity contribution in [2.75, 3.05) is 6.54 Å². The Morgan fingerprint density at radius 1 is 1.26 bits per heavy atom. The third kappa shape index (κ3) is 2.32. The first-order valence-electron chi connectivity index (χ1n) is 7.63. The van der Waals surface area contributed by atoms with Gasteiger partial charge in [0.2, 0.25) is 5.78 Å². The monoisotopic (exact) mass is 318 g/mol. The number of carbonyl (C=O) groups is 3. The predicted octanol–water partition coefficient (Wildman–Crippen LogP) is 1.36. The van der Waals surface area contributed by atoms with Crippen LogP contribution >= 0.6 is 0 Å². The van der Waals surface area contributed by atoms with Crippen LogP contribution in [0.1, 0.15) is 42.6 Å². The number of rotatable bonds is 3. The predicted molar refractivity (Wildman–Crippen MR) is 80.1 cm³/mol. The fraction of sp³-hybridized carbons (Fsp3) is 0.438. The number of allylic oxidation sites excluding steroid dienone is 1. The summed E-state index contributed by atoms with van der Waals surface area (Å²) in [5.74, 6) is -2.87. The van der Waals surface area contributed by atoms with Crippen molar-refractivity contribution in [1.82, 2.24) is 9.88 Å². The van der Waals surface area contributed by atoms with E-state index in [0.29, 0.717) is 18.5 Å². The average molecular weight is 318 g/mol. The minimum absolute atomic E-state index is 0.242. The highest BCUT2D eigenvalue weighted by Crippen LogP contribution is 2.45. The third-order valence-electron chi connectivity index (χ3n) is 4.66. The van der Waals surface area contributed by atoms with Gasteiger partial charge in [-0.3, -0.25) is 14.4 Å². The van der Waals surface area contributed by atoms with Gasteiger partial charge in [0.15, 0.2) is 0 Å². The molecule has 3 rings (SSSR count). The smallest absolute Gasteiger partial charge is 0.322 e. The second-order valence-electron chi connectivity index (χ2n) is 5.98. The molecular weight excluding hydrogens is 300 g/mol. The van der Waals surface area contributed by atoms with E-state index in [9.17, 15) is 19.5 Å². The quantitative estimate of drug-likeness (QED) is 0.729. The van der Waals surface area contributed by atoms with Crippen molar-refractivity contribution >= 4 is 17.7 Å². The van der Waals surface area contributed by atoms with Crippen LogP contribution in [-0.2, 0) is 15.1 Å². The maximum Gasteiger partial charge on any atom is 0.322 e. The number of aliphatic carboxylic acids is 1. The molecule has 1 fully saturated rings. The van der Waals surface area contributed by atoms with Crippen LogP contribution in [0.25, 0.3) is 0 Å². The fourth-order valence-electron chi connectivity index (χ4n) is 3.59. The highest BCUT2D eigenvalue weighted by Gasteiger charge is 2.47. The largest absolute Gasteiger partial charge is 0.509 e. The van der Waals surface area contributed by atoms with E-state index in [1.165, 1.54) is 0 Å². The van der Waals surface area contributed by atoms with E-state index in [1.54, 1.807) is 22.9 Å². The maximum atomic E-state index is 12.6. The van der Waals surface area contributed by atoms with Crippen LogP contribution in [0.3, 0.4) is 0 Å². The van der Waals surface area contributed by atoms with Gasteiger partial charge in [-0.05, 0) is 25.0 Å². The number of nitrogens with one attached hydrogen (secondary N) is 1. The van der Waals surface area contributed by atoms with Crippen LogP contribution in [0.5, 0.6) is 0 Å². The molecule has 0 unspecified atom stereocenters. The number of Topliss-reactive ketones (excluding diaryl/α,β-unsaturated/α-hetero) is 1. The first-order valence-corrected chi connectivity index (χ1v) is 7.63. The molecule has 2 heterocycles. The van der Waals surface area contributed by atoms with Gasteiger partial charge in [-0.2, -0.15) is 0 Å². The summed E-state index contributed by atoms with van der Waals surface area (Å²) in [7, 11) is 0. The van der Waals surface area contributed by atoms with Crippen LogP contribution < -0.4 is 5.32 Å². The normalized spacial score (nSPS) is 19.6. The van der Waals surface area contributed by atoms with Gasteiger partial charge in [-0.15, -0.1) is 0 Å². The van der Waals surface area contributed by atoms with E-state index in [0.717, 1.165) is 19.3 Å². The standard InChI is InChI=1S/C16H18N2O5/c19-11(20)9-17-15(23)12-13(21)10-5-4-8-18(10)16(14(12)22)6-2-1-3-7-16/h4-5,8,22H,1-3,6-7,9H2,(H,17,23)(H,19,20). The van der Waals surface area contributed by atoms with Gasteiger partial charge < -0.3 is 20.1 Å². The summed E-state index contributed by atoms with van der Waals surface area (Å²) in [4.78, 5) is 35.4. The molecular formula is C16H18N2O5. The Balaban J connectivity index is 2.06. The Morgan fingerprint density at radius 3 is 2.61 bits per heavy atom. The molecule has 0 bridgehead atoms. The Kier molecular flexibility index (Phi) is 3.71. The van der Waals surface area contributed by atoms with Crippen molar-refractivity contribution in [2.24, 2.45) is 0 Å². The lowest BCUT2D eigenvalue weighted by atomic mass is 9.75. The number of ketones is 1. The minimum atomic E-state index is -1.21. The van der Waals surface area contributed by atoms with Crippen molar-refractivity contribution in [3.05, 3.63) is 35.4 Å². The second kappa shape index (κ2) is 5.57. The number of amides is 1. The molecule has 1 aliphatic heterocycles. The summed E-state index contributed by atoms with van der Waals surface area (Å²) in [6, 6.07) is 3.34. The number of hydrogen-bond donors (Lipinski definition) is 3. The summed E-state index contributed by atoms with van der Waals surface area (Å²) < 4.78 is 1.76. The zero-order chi connectivity index (χ0) is 16.6. The Bertz CT molecular complexity index is 710. The zero-order valence-corrected chi connectivity index (χ0v) is 12.5. The second-order valence-corrected chi connectivity index (χ2v) is 5.98. The van der Waals surface area contributed by atoms with E-state index < -0.39 is 29.7 Å². The molecule has 0 saturated heterocycles. The molecule has 3 N–H and O–H groups in total. The number of aliphatic hydroxyl groups excluding tert-OH is 1. The van der Waals surface area contributed by atoms with Crippen molar-refractivity contribution in [3.63, 3.8) is 0 Å². The number of hydrogen-bond acceptors (Lipinski definition) is 4. The summed E-state index contributed by atoms with van der Waals surface area (Å²) in [5.41, 5.74) is -0.759. The molecule has 2 aliphatic rings. The Labute approximate surface area is 132 Å². The summed E-state index contributed by atoms with van der Waals surface area (Å²) in [6.07, 6.45) is 5.85. The SMILES string of the molecule is O=C(O)CNC(=O)C1=C(O)C2(CCCCC2)n2cccc2C1=O. The molecule has 1 aromatic rings. The number of aliphatic hydroxyl groups is 1. The molecule has 7 nitrogen and oxygen atoms in total. The molecule has 1 aliphatic carbocycles.